The maximum Gasteiger partial charge on any atom is 0.416 e. The summed E-state index contributed by atoms with van der Waals surface area (Å²) in [6.07, 6.45) is -2.11. The molecule has 0 atom stereocenters. The smallest absolute Gasteiger partial charge is 0.166 e. The van der Waals surface area contributed by atoms with Crippen LogP contribution >= 0.6 is 34.4 Å². The van der Waals surface area contributed by atoms with Crippen LogP contribution in [0.2, 0.25) is 0 Å². The molecule has 0 aliphatic rings. The van der Waals surface area contributed by atoms with Crippen molar-refractivity contribution in [3.8, 4) is 0 Å². The topological polar surface area (TPSA) is 0 Å². The average Bonchev–Trinajstić information content (AvgIpc) is 2.46. The zero-order valence-corrected chi connectivity index (χ0v) is 14.1. The Kier molecular flexibility index (Phi) is 5.98. The van der Waals surface area contributed by atoms with Crippen LogP contribution in [-0.2, 0) is 12.6 Å². The van der Waals surface area contributed by atoms with Crippen molar-refractivity contribution in [3.63, 3.8) is 0 Å². The highest BCUT2D eigenvalue weighted by atomic mass is 127. The number of hydrogen-bond acceptors (Lipinski definition) is 1. The van der Waals surface area contributed by atoms with E-state index in [0.29, 0.717) is 4.90 Å². The molecule has 0 saturated heterocycles. The maximum atomic E-state index is 12.7. The van der Waals surface area contributed by atoms with Crippen molar-refractivity contribution in [2.24, 2.45) is 0 Å². The summed E-state index contributed by atoms with van der Waals surface area (Å²) in [5.41, 5.74) is 0.659. The Morgan fingerprint density at radius 2 is 1.67 bits per heavy atom. The van der Waals surface area contributed by atoms with Crippen LogP contribution in [0.4, 0.5) is 13.2 Å². The molecule has 5 heteroatoms. The molecule has 0 amide bonds. The van der Waals surface area contributed by atoms with Crippen LogP contribution in [0.25, 0.3) is 0 Å². The summed E-state index contributed by atoms with van der Waals surface area (Å²) in [5, 5.41) is 0. The highest BCUT2D eigenvalue weighted by Crippen LogP contribution is 2.34. The first-order chi connectivity index (χ1) is 9.99. The third kappa shape index (κ3) is 5.21. The van der Waals surface area contributed by atoms with Gasteiger partial charge in [-0.1, -0.05) is 52.6 Å². The van der Waals surface area contributed by atoms with Gasteiger partial charge in [-0.3, -0.25) is 0 Å². The molecule has 2 aromatic carbocycles. The zero-order chi connectivity index (χ0) is 15.3. The van der Waals surface area contributed by atoms with Crippen molar-refractivity contribution in [2.45, 2.75) is 28.8 Å². The van der Waals surface area contributed by atoms with E-state index in [-0.39, 0.29) is 0 Å². The Morgan fingerprint density at radius 3 is 2.29 bits per heavy atom. The van der Waals surface area contributed by atoms with E-state index in [0.717, 1.165) is 28.2 Å². The van der Waals surface area contributed by atoms with E-state index in [1.807, 2.05) is 24.3 Å². The molecule has 0 spiro atoms. The normalized spacial score (nSPS) is 11.6. The molecule has 0 heterocycles. The fourth-order valence-electron chi connectivity index (χ4n) is 1.87. The van der Waals surface area contributed by atoms with Crippen LogP contribution in [0.15, 0.2) is 58.3 Å². The third-order valence-electron chi connectivity index (χ3n) is 2.92. The van der Waals surface area contributed by atoms with E-state index < -0.39 is 11.7 Å². The van der Waals surface area contributed by atoms with E-state index in [9.17, 15) is 13.2 Å². The highest BCUT2D eigenvalue weighted by Gasteiger charge is 2.30. The number of benzene rings is 2. The monoisotopic (exact) mass is 422 g/mol. The minimum atomic E-state index is -4.29. The third-order valence-corrected chi connectivity index (χ3v) is 4.68. The predicted molar refractivity (Wildman–Crippen MR) is 89.2 cm³/mol. The summed E-state index contributed by atoms with van der Waals surface area (Å²) in [5.74, 6) is 0. The summed E-state index contributed by atoms with van der Waals surface area (Å²) in [6, 6.07) is 13.4. The van der Waals surface area contributed by atoms with Gasteiger partial charge in [0, 0.05) is 9.79 Å². The Bertz CT molecular complexity index is 579. The second-order valence-corrected chi connectivity index (χ2v) is 6.79. The number of halogens is 4. The largest absolute Gasteiger partial charge is 0.416 e. The van der Waals surface area contributed by atoms with E-state index in [1.165, 1.54) is 29.5 Å². The first-order valence-corrected chi connectivity index (χ1v) is 8.83. The van der Waals surface area contributed by atoms with Gasteiger partial charge in [0.2, 0.25) is 0 Å². The fraction of sp³-hybridized carbons (Fsp3) is 0.250. The molecule has 0 unspecified atom stereocenters. The number of hydrogen-bond donors (Lipinski definition) is 0. The molecule has 0 bridgehead atoms. The predicted octanol–water partition coefficient (Wildman–Crippen LogP) is 6.22. The van der Waals surface area contributed by atoms with Gasteiger partial charge in [-0.2, -0.15) is 13.2 Å². The van der Waals surface area contributed by atoms with Crippen molar-refractivity contribution in [2.75, 3.05) is 4.43 Å². The zero-order valence-electron chi connectivity index (χ0n) is 11.2. The lowest BCUT2D eigenvalue weighted by molar-refractivity contribution is -0.137. The summed E-state index contributed by atoms with van der Waals surface area (Å²) >= 11 is 3.70. The van der Waals surface area contributed by atoms with Gasteiger partial charge in [0.05, 0.1) is 5.56 Å². The minimum Gasteiger partial charge on any atom is -0.166 e. The molecule has 0 saturated carbocycles. The van der Waals surface area contributed by atoms with Crippen LogP contribution in [0.5, 0.6) is 0 Å². The first kappa shape index (κ1) is 16.7. The Hall–Kier alpha value is -0.690. The molecular formula is C16H14F3IS. The molecule has 0 aliphatic heterocycles. The van der Waals surface area contributed by atoms with Crippen molar-refractivity contribution in [1.82, 2.24) is 0 Å². The maximum absolute atomic E-state index is 12.7. The standard InChI is InChI=1S/C16H14F3IS/c17-16(18,19)13-4-1-5-15(11-13)21-14-8-6-12(7-9-14)3-2-10-20/h1,4-9,11H,2-3,10H2. The summed E-state index contributed by atoms with van der Waals surface area (Å²) in [6.45, 7) is 0. The lowest BCUT2D eigenvalue weighted by Crippen LogP contribution is -2.04. The summed E-state index contributed by atoms with van der Waals surface area (Å²) < 4.78 is 39.1. The minimum absolute atomic E-state index is 0.602. The molecule has 0 fully saturated rings. The second kappa shape index (κ2) is 7.54. The molecular weight excluding hydrogens is 408 g/mol. The fourth-order valence-corrected chi connectivity index (χ4v) is 3.13. The van der Waals surface area contributed by atoms with Gasteiger partial charge >= 0.3 is 6.18 Å². The van der Waals surface area contributed by atoms with Crippen LogP contribution in [0.1, 0.15) is 17.5 Å². The Morgan fingerprint density at radius 1 is 0.952 bits per heavy atom. The van der Waals surface area contributed by atoms with Crippen molar-refractivity contribution < 1.29 is 13.2 Å². The van der Waals surface area contributed by atoms with Gasteiger partial charge in [-0.15, -0.1) is 0 Å². The molecule has 0 N–H and O–H groups in total. The first-order valence-electron chi connectivity index (χ1n) is 6.49. The Balaban J connectivity index is 2.08. The summed E-state index contributed by atoms with van der Waals surface area (Å²) in [4.78, 5) is 1.55. The lowest BCUT2D eigenvalue weighted by Gasteiger charge is -2.08. The molecule has 0 radical (unpaired) electrons. The Labute approximate surface area is 140 Å². The van der Waals surface area contributed by atoms with Crippen LogP contribution < -0.4 is 0 Å². The molecule has 112 valence electrons. The van der Waals surface area contributed by atoms with Crippen LogP contribution in [0, 0.1) is 0 Å². The molecule has 0 aromatic heterocycles. The van der Waals surface area contributed by atoms with Crippen molar-refractivity contribution in [1.29, 1.82) is 0 Å². The molecule has 2 rings (SSSR count). The summed E-state index contributed by atoms with van der Waals surface area (Å²) in [7, 11) is 0. The molecule has 2 aromatic rings. The van der Waals surface area contributed by atoms with Gasteiger partial charge < -0.3 is 0 Å². The second-order valence-electron chi connectivity index (χ2n) is 4.56. The average molecular weight is 422 g/mol. The van der Waals surface area contributed by atoms with Gasteiger partial charge in [0.15, 0.2) is 0 Å². The number of aryl methyl sites for hydroxylation is 1. The SMILES string of the molecule is FC(F)(F)c1cccc(Sc2ccc(CCCI)cc2)c1. The van der Waals surface area contributed by atoms with Gasteiger partial charge in [-0.25, -0.2) is 0 Å². The van der Waals surface area contributed by atoms with Crippen LogP contribution in [0.3, 0.4) is 0 Å². The van der Waals surface area contributed by atoms with Gasteiger partial charge in [0.1, 0.15) is 0 Å². The molecule has 0 aliphatic carbocycles. The van der Waals surface area contributed by atoms with Crippen molar-refractivity contribution >= 4 is 34.4 Å². The number of rotatable bonds is 5. The van der Waals surface area contributed by atoms with Gasteiger partial charge in [-0.05, 0) is 53.2 Å². The van der Waals surface area contributed by atoms with E-state index in [1.54, 1.807) is 6.07 Å². The lowest BCUT2D eigenvalue weighted by atomic mass is 10.1. The van der Waals surface area contributed by atoms with Crippen molar-refractivity contribution in [3.05, 3.63) is 59.7 Å². The molecule has 0 nitrogen and oxygen atoms in total. The highest BCUT2D eigenvalue weighted by molar-refractivity contribution is 14.1. The number of alkyl halides is 4. The van der Waals surface area contributed by atoms with Gasteiger partial charge in [0.25, 0.3) is 0 Å². The van der Waals surface area contributed by atoms with Crippen LogP contribution in [-0.4, -0.2) is 4.43 Å². The molecule has 21 heavy (non-hydrogen) atoms. The van der Waals surface area contributed by atoms with E-state index in [2.05, 4.69) is 22.6 Å². The van der Waals surface area contributed by atoms with E-state index >= 15 is 0 Å². The van der Waals surface area contributed by atoms with E-state index in [4.69, 9.17) is 0 Å². The quantitative estimate of drug-likeness (QED) is 0.407.